The van der Waals surface area contributed by atoms with Crippen LogP contribution in [-0.4, -0.2) is 5.54 Å². The molecule has 25 heavy (non-hydrogen) atoms. The number of hydrogen-bond acceptors (Lipinski definition) is 1. The Morgan fingerprint density at radius 2 is 1.80 bits per heavy atom. The molecule has 2 atom stereocenters. The highest BCUT2D eigenvalue weighted by Gasteiger charge is 2.54. The number of anilines is 1. The third-order valence-corrected chi connectivity index (χ3v) is 6.74. The highest BCUT2D eigenvalue weighted by Crippen LogP contribution is 2.57. The lowest BCUT2D eigenvalue weighted by Crippen LogP contribution is -2.53. The molecule has 0 N–H and O–H groups in total. The Kier molecular flexibility index (Phi) is 4.90. The fourth-order valence-corrected chi connectivity index (χ4v) is 4.86. The van der Waals surface area contributed by atoms with Crippen molar-refractivity contribution in [2.45, 2.75) is 65.8 Å². The zero-order chi connectivity index (χ0) is 18.2. The summed E-state index contributed by atoms with van der Waals surface area (Å²) < 4.78 is 0. The fourth-order valence-electron chi connectivity index (χ4n) is 4.67. The van der Waals surface area contributed by atoms with Crippen LogP contribution in [0.2, 0.25) is 5.02 Å². The molecule has 1 aromatic carbocycles. The lowest BCUT2D eigenvalue weighted by molar-refractivity contribution is 0.161. The van der Waals surface area contributed by atoms with Gasteiger partial charge in [-0.3, -0.25) is 0 Å². The van der Waals surface area contributed by atoms with Crippen LogP contribution in [0.15, 0.2) is 48.2 Å². The number of halogens is 1. The van der Waals surface area contributed by atoms with E-state index in [2.05, 4.69) is 75.1 Å². The van der Waals surface area contributed by atoms with Crippen LogP contribution < -0.4 is 4.90 Å². The van der Waals surface area contributed by atoms with Gasteiger partial charge < -0.3 is 4.90 Å². The van der Waals surface area contributed by atoms with Crippen molar-refractivity contribution in [3.05, 3.63) is 64.4 Å². The van der Waals surface area contributed by atoms with Gasteiger partial charge in [-0.15, -0.1) is 0 Å². The standard InChI is InChI=1S/C23H30ClN/c1-6-7-8-11-19-16-22(4)12-9-10-13-23(22,5)25(19)20-15-17(2)14-18(3)21(20)24/h6-8,11,14-16H,9-10,12-13H2,1-5H3/b7-6-,11-8-. The van der Waals surface area contributed by atoms with Gasteiger partial charge in [0, 0.05) is 11.1 Å². The van der Waals surface area contributed by atoms with Gasteiger partial charge in [0.25, 0.3) is 0 Å². The number of fused-ring (bicyclic) bond motifs is 1. The van der Waals surface area contributed by atoms with Gasteiger partial charge in [-0.2, -0.15) is 0 Å². The topological polar surface area (TPSA) is 3.24 Å². The number of aryl methyl sites for hydroxylation is 2. The molecule has 0 bridgehead atoms. The molecule has 2 heteroatoms. The molecule has 0 saturated heterocycles. The number of nitrogens with zero attached hydrogens (tertiary/aromatic N) is 1. The predicted molar refractivity (Wildman–Crippen MR) is 110 cm³/mol. The van der Waals surface area contributed by atoms with Gasteiger partial charge >= 0.3 is 0 Å². The molecule has 0 amide bonds. The lowest BCUT2D eigenvalue weighted by Gasteiger charge is -2.51. The molecule has 0 radical (unpaired) electrons. The van der Waals surface area contributed by atoms with E-state index in [-0.39, 0.29) is 11.0 Å². The predicted octanol–water partition coefficient (Wildman–Crippen LogP) is 7.13. The Hall–Kier alpha value is -1.47. The quantitative estimate of drug-likeness (QED) is 0.521. The van der Waals surface area contributed by atoms with Crippen LogP contribution in [0.1, 0.15) is 57.6 Å². The molecule has 1 saturated carbocycles. The number of hydrogen-bond donors (Lipinski definition) is 0. The van der Waals surface area contributed by atoms with Crippen molar-refractivity contribution in [3.8, 4) is 0 Å². The van der Waals surface area contributed by atoms with Crippen LogP contribution in [0.3, 0.4) is 0 Å². The van der Waals surface area contributed by atoms with Gasteiger partial charge in [-0.1, -0.05) is 61.7 Å². The van der Waals surface area contributed by atoms with Crippen LogP contribution in [0.4, 0.5) is 5.69 Å². The largest absolute Gasteiger partial charge is 0.334 e. The third-order valence-electron chi connectivity index (χ3n) is 6.25. The molecule has 1 aliphatic carbocycles. The van der Waals surface area contributed by atoms with Crippen molar-refractivity contribution in [2.24, 2.45) is 5.41 Å². The first-order chi connectivity index (χ1) is 11.8. The average Bonchev–Trinajstić information content (AvgIpc) is 2.78. The second kappa shape index (κ2) is 6.68. The van der Waals surface area contributed by atoms with E-state index in [4.69, 9.17) is 11.6 Å². The Balaban J connectivity index is 2.18. The van der Waals surface area contributed by atoms with Crippen LogP contribution in [0, 0.1) is 19.3 Å². The molecule has 1 aromatic rings. The smallest absolute Gasteiger partial charge is 0.0672 e. The molecular weight excluding hydrogens is 326 g/mol. The third kappa shape index (κ3) is 2.97. The van der Waals surface area contributed by atoms with Crippen LogP contribution in [-0.2, 0) is 0 Å². The number of benzene rings is 1. The molecule has 2 unspecified atom stereocenters. The molecule has 1 aliphatic heterocycles. The average molecular weight is 356 g/mol. The van der Waals surface area contributed by atoms with E-state index in [9.17, 15) is 0 Å². The summed E-state index contributed by atoms with van der Waals surface area (Å²) in [5.74, 6) is 0. The first kappa shape index (κ1) is 18.3. The summed E-state index contributed by atoms with van der Waals surface area (Å²) >= 11 is 6.80. The van der Waals surface area contributed by atoms with Crippen molar-refractivity contribution in [1.82, 2.24) is 0 Å². The molecule has 134 valence electrons. The molecule has 1 heterocycles. The summed E-state index contributed by atoms with van der Waals surface area (Å²) in [7, 11) is 0. The van der Waals surface area contributed by atoms with E-state index in [0.29, 0.717) is 0 Å². The van der Waals surface area contributed by atoms with Crippen molar-refractivity contribution >= 4 is 17.3 Å². The van der Waals surface area contributed by atoms with Crippen molar-refractivity contribution in [3.63, 3.8) is 0 Å². The molecule has 2 aliphatic rings. The van der Waals surface area contributed by atoms with Crippen molar-refractivity contribution in [1.29, 1.82) is 0 Å². The molecular formula is C23H30ClN. The highest BCUT2D eigenvalue weighted by molar-refractivity contribution is 6.34. The molecule has 1 nitrogen and oxygen atoms in total. The fraction of sp³-hybridized carbons (Fsp3) is 0.478. The normalized spacial score (nSPS) is 29.5. The summed E-state index contributed by atoms with van der Waals surface area (Å²) in [4.78, 5) is 2.52. The van der Waals surface area contributed by atoms with E-state index >= 15 is 0 Å². The Morgan fingerprint density at radius 1 is 1.08 bits per heavy atom. The van der Waals surface area contributed by atoms with Crippen LogP contribution >= 0.6 is 11.6 Å². The number of allylic oxidation sites excluding steroid dienone is 4. The van der Waals surface area contributed by atoms with E-state index in [1.807, 2.05) is 6.92 Å². The summed E-state index contributed by atoms with van der Waals surface area (Å²) in [5, 5.41) is 0.881. The molecule has 0 aromatic heterocycles. The minimum absolute atomic E-state index is 0.0741. The zero-order valence-corrected chi connectivity index (χ0v) is 17.0. The summed E-state index contributed by atoms with van der Waals surface area (Å²) in [6.07, 6.45) is 16.1. The minimum atomic E-state index is 0.0741. The van der Waals surface area contributed by atoms with E-state index in [1.165, 1.54) is 36.9 Å². The van der Waals surface area contributed by atoms with Gasteiger partial charge in [-0.05, 0) is 63.8 Å². The van der Waals surface area contributed by atoms with Gasteiger partial charge in [0.1, 0.15) is 0 Å². The maximum Gasteiger partial charge on any atom is 0.0672 e. The van der Waals surface area contributed by atoms with Crippen LogP contribution in [0.5, 0.6) is 0 Å². The van der Waals surface area contributed by atoms with E-state index in [1.54, 1.807) is 0 Å². The highest BCUT2D eigenvalue weighted by atomic mass is 35.5. The van der Waals surface area contributed by atoms with Crippen molar-refractivity contribution < 1.29 is 0 Å². The number of rotatable bonds is 3. The van der Waals surface area contributed by atoms with Gasteiger partial charge in [0.2, 0.25) is 0 Å². The summed E-state index contributed by atoms with van der Waals surface area (Å²) in [6, 6.07) is 4.42. The van der Waals surface area contributed by atoms with Gasteiger partial charge in [0.05, 0.1) is 16.2 Å². The minimum Gasteiger partial charge on any atom is -0.334 e. The SMILES string of the molecule is C/C=C\C=C/C1=CC2(C)CCCCC2(C)N1c1cc(C)cc(C)c1Cl. The first-order valence-corrected chi connectivity index (χ1v) is 9.79. The first-order valence-electron chi connectivity index (χ1n) is 9.41. The molecule has 3 rings (SSSR count). The van der Waals surface area contributed by atoms with Crippen LogP contribution in [0.25, 0.3) is 0 Å². The Bertz CT molecular complexity index is 758. The zero-order valence-electron chi connectivity index (χ0n) is 16.2. The maximum absolute atomic E-state index is 6.80. The maximum atomic E-state index is 6.80. The van der Waals surface area contributed by atoms with Crippen molar-refractivity contribution in [2.75, 3.05) is 4.90 Å². The van der Waals surface area contributed by atoms with Gasteiger partial charge in [-0.25, -0.2) is 0 Å². The second-order valence-electron chi connectivity index (χ2n) is 8.10. The second-order valence-corrected chi connectivity index (χ2v) is 8.48. The monoisotopic (exact) mass is 355 g/mol. The molecule has 1 fully saturated rings. The van der Waals surface area contributed by atoms with E-state index < -0.39 is 0 Å². The van der Waals surface area contributed by atoms with Gasteiger partial charge in [0.15, 0.2) is 0 Å². The Labute approximate surface area is 158 Å². The lowest BCUT2D eigenvalue weighted by atomic mass is 9.64. The van der Waals surface area contributed by atoms with E-state index in [0.717, 1.165) is 16.3 Å². The summed E-state index contributed by atoms with van der Waals surface area (Å²) in [6.45, 7) is 11.2. The summed E-state index contributed by atoms with van der Waals surface area (Å²) in [5.41, 5.74) is 5.11. The molecule has 0 spiro atoms. The Morgan fingerprint density at radius 3 is 2.52 bits per heavy atom.